The number of benzene rings is 3. The molecular formula is C28H25Cl2N5O4. The quantitative estimate of drug-likeness (QED) is 0.266. The Hall–Kier alpha value is -4.21. The van der Waals surface area contributed by atoms with Gasteiger partial charge in [0.1, 0.15) is 36.2 Å². The fourth-order valence-corrected chi connectivity index (χ4v) is 4.69. The van der Waals surface area contributed by atoms with E-state index >= 15 is 0 Å². The van der Waals surface area contributed by atoms with Gasteiger partial charge in [-0.15, -0.1) is 0 Å². The third-order valence-corrected chi connectivity index (χ3v) is 7.00. The number of fused-ring (bicyclic) bond motifs is 1. The van der Waals surface area contributed by atoms with Crippen molar-refractivity contribution in [1.82, 2.24) is 14.8 Å². The second-order valence-electron chi connectivity index (χ2n) is 8.72. The molecular weight excluding hydrogens is 541 g/mol. The van der Waals surface area contributed by atoms with E-state index in [1.54, 1.807) is 42.1 Å². The fraction of sp³-hybridized carbons (Fsp3) is 0.179. The van der Waals surface area contributed by atoms with Crippen molar-refractivity contribution >= 4 is 40.7 Å². The van der Waals surface area contributed by atoms with E-state index in [1.165, 1.54) is 13.4 Å². The topological polar surface area (TPSA) is 99.5 Å². The van der Waals surface area contributed by atoms with Crippen molar-refractivity contribution < 1.29 is 19.0 Å². The highest BCUT2D eigenvalue weighted by molar-refractivity contribution is 6.42. The third-order valence-electron chi connectivity index (χ3n) is 6.26. The number of allylic oxidation sites excluding steroid dienone is 1. The Balaban J connectivity index is 1.46. The van der Waals surface area contributed by atoms with Crippen LogP contribution >= 0.6 is 23.2 Å². The molecule has 3 aromatic carbocycles. The van der Waals surface area contributed by atoms with Crippen molar-refractivity contribution in [3.05, 3.63) is 99.4 Å². The van der Waals surface area contributed by atoms with Crippen LogP contribution in [0.1, 0.15) is 24.1 Å². The van der Waals surface area contributed by atoms with Crippen LogP contribution in [-0.4, -0.2) is 34.9 Å². The zero-order chi connectivity index (χ0) is 27.5. The Labute approximate surface area is 235 Å². The van der Waals surface area contributed by atoms with Gasteiger partial charge in [-0.25, -0.2) is 4.68 Å². The predicted molar refractivity (Wildman–Crippen MR) is 150 cm³/mol. The molecule has 9 nitrogen and oxygen atoms in total. The summed E-state index contributed by atoms with van der Waals surface area (Å²) in [4.78, 5) is 18.1. The molecule has 2 N–H and O–H groups in total. The second-order valence-corrected chi connectivity index (χ2v) is 9.54. The van der Waals surface area contributed by atoms with Gasteiger partial charge in [0.25, 0.3) is 5.91 Å². The summed E-state index contributed by atoms with van der Waals surface area (Å²) in [5.74, 6) is 1.89. The van der Waals surface area contributed by atoms with Crippen LogP contribution < -0.4 is 24.8 Å². The lowest BCUT2D eigenvalue weighted by molar-refractivity contribution is -0.113. The molecule has 2 heterocycles. The summed E-state index contributed by atoms with van der Waals surface area (Å²) in [7, 11) is 3.10. The number of carbonyl (C=O) groups is 1. The number of amides is 1. The number of rotatable bonds is 8. The molecule has 0 aliphatic carbocycles. The lowest BCUT2D eigenvalue weighted by Crippen LogP contribution is -2.31. The highest BCUT2D eigenvalue weighted by atomic mass is 35.5. The van der Waals surface area contributed by atoms with E-state index < -0.39 is 6.04 Å². The first-order valence-electron chi connectivity index (χ1n) is 11.9. The van der Waals surface area contributed by atoms with Crippen LogP contribution in [0.4, 0.5) is 11.6 Å². The van der Waals surface area contributed by atoms with Crippen molar-refractivity contribution in [1.29, 1.82) is 0 Å². The molecule has 1 aliphatic rings. The monoisotopic (exact) mass is 565 g/mol. The third kappa shape index (κ3) is 5.50. The SMILES string of the molecule is COc1ccc(OC)c(NC(=O)C2=C(C)Nc3ncnn3C2c2cccc(OCc3ccc(Cl)c(Cl)c3)c2)c1. The lowest BCUT2D eigenvalue weighted by atomic mass is 9.94. The summed E-state index contributed by atoms with van der Waals surface area (Å²) in [5.41, 5.74) is 3.24. The summed E-state index contributed by atoms with van der Waals surface area (Å²) in [6.45, 7) is 2.12. The molecule has 0 radical (unpaired) electrons. The molecule has 11 heteroatoms. The molecule has 1 aliphatic heterocycles. The highest BCUT2D eigenvalue weighted by Crippen LogP contribution is 2.37. The van der Waals surface area contributed by atoms with Crippen molar-refractivity contribution in [3.63, 3.8) is 0 Å². The maximum Gasteiger partial charge on any atom is 0.255 e. The molecule has 39 heavy (non-hydrogen) atoms. The van der Waals surface area contributed by atoms with E-state index in [-0.39, 0.29) is 5.91 Å². The summed E-state index contributed by atoms with van der Waals surface area (Å²) in [6, 6.07) is 17.5. The maximum atomic E-state index is 13.8. The zero-order valence-electron chi connectivity index (χ0n) is 21.4. The van der Waals surface area contributed by atoms with E-state index in [2.05, 4.69) is 20.7 Å². The minimum absolute atomic E-state index is 0.291. The van der Waals surface area contributed by atoms with Crippen LogP contribution in [0.5, 0.6) is 17.2 Å². The van der Waals surface area contributed by atoms with Gasteiger partial charge >= 0.3 is 0 Å². The molecule has 1 aromatic heterocycles. The van der Waals surface area contributed by atoms with Gasteiger partial charge in [0.2, 0.25) is 5.95 Å². The predicted octanol–water partition coefficient (Wildman–Crippen LogP) is 6.11. The van der Waals surface area contributed by atoms with Gasteiger partial charge in [-0.05, 0) is 54.4 Å². The molecule has 0 bridgehead atoms. The Morgan fingerprint density at radius 1 is 1.03 bits per heavy atom. The normalized spacial score (nSPS) is 14.3. The number of halogens is 2. The summed E-state index contributed by atoms with van der Waals surface area (Å²) in [5, 5.41) is 11.5. The number of methoxy groups -OCH3 is 2. The Kier molecular flexibility index (Phi) is 7.63. The largest absolute Gasteiger partial charge is 0.497 e. The van der Waals surface area contributed by atoms with Crippen molar-refractivity contribution in [2.75, 3.05) is 24.9 Å². The van der Waals surface area contributed by atoms with Crippen LogP contribution in [0, 0.1) is 0 Å². The number of nitrogens with one attached hydrogen (secondary N) is 2. The maximum absolute atomic E-state index is 13.8. The second kappa shape index (κ2) is 11.3. The summed E-state index contributed by atoms with van der Waals surface area (Å²) >= 11 is 12.2. The first kappa shape index (κ1) is 26.4. The Morgan fingerprint density at radius 2 is 1.87 bits per heavy atom. The molecule has 0 spiro atoms. The smallest absolute Gasteiger partial charge is 0.255 e. The number of anilines is 2. The molecule has 1 unspecified atom stereocenters. The molecule has 0 saturated heterocycles. The van der Waals surface area contributed by atoms with Crippen LogP contribution in [-0.2, 0) is 11.4 Å². The van der Waals surface area contributed by atoms with Crippen LogP contribution in [0.25, 0.3) is 0 Å². The highest BCUT2D eigenvalue weighted by Gasteiger charge is 2.34. The van der Waals surface area contributed by atoms with Crippen molar-refractivity contribution in [2.24, 2.45) is 0 Å². The first-order chi connectivity index (χ1) is 18.9. The minimum Gasteiger partial charge on any atom is -0.497 e. The van der Waals surface area contributed by atoms with Gasteiger partial charge in [0, 0.05) is 11.8 Å². The fourth-order valence-electron chi connectivity index (χ4n) is 4.37. The number of aromatic nitrogens is 3. The number of carbonyl (C=O) groups excluding carboxylic acids is 1. The van der Waals surface area contributed by atoms with Crippen LogP contribution in [0.2, 0.25) is 10.0 Å². The zero-order valence-corrected chi connectivity index (χ0v) is 22.9. The van der Waals surface area contributed by atoms with Gasteiger partial charge in [-0.3, -0.25) is 4.79 Å². The van der Waals surface area contributed by atoms with Crippen LogP contribution in [0.3, 0.4) is 0 Å². The van der Waals surface area contributed by atoms with E-state index in [0.717, 1.165) is 11.1 Å². The van der Waals surface area contributed by atoms with Crippen molar-refractivity contribution in [3.8, 4) is 17.2 Å². The minimum atomic E-state index is -0.575. The molecule has 200 valence electrons. The molecule has 0 fully saturated rings. The van der Waals surface area contributed by atoms with E-state index in [0.29, 0.717) is 56.8 Å². The Morgan fingerprint density at radius 3 is 2.64 bits per heavy atom. The van der Waals surface area contributed by atoms with Gasteiger partial charge in [0.05, 0.1) is 35.5 Å². The van der Waals surface area contributed by atoms with E-state index in [1.807, 2.05) is 37.3 Å². The van der Waals surface area contributed by atoms with Gasteiger partial charge in [-0.2, -0.15) is 10.1 Å². The average molecular weight is 566 g/mol. The molecule has 0 saturated carbocycles. The van der Waals surface area contributed by atoms with Gasteiger partial charge in [0.15, 0.2) is 0 Å². The molecule has 4 aromatic rings. The number of ether oxygens (including phenoxy) is 3. The van der Waals surface area contributed by atoms with E-state index in [4.69, 9.17) is 37.4 Å². The number of hydrogen-bond acceptors (Lipinski definition) is 7. The number of hydrogen-bond donors (Lipinski definition) is 2. The Bertz CT molecular complexity index is 1570. The average Bonchev–Trinajstić information content (AvgIpc) is 3.41. The molecule has 1 amide bonds. The van der Waals surface area contributed by atoms with E-state index in [9.17, 15) is 4.79 Å². The molecule has 1 atom stereocenters. The molecule has 5 rings (SSSR count). The number of nitrogens with zero attached hydrogens (tertiary/aromatic N) is 3. The van der Waals surface area contributed by atoms with Crippen molar-refractivity contribution in [2.45, 2.75) is 19.6 Å². The summed E-state index contributed by atoms with van der Waals surface area (Å²) < 4.78 is 18.5. The van der Waals surface area contributed by atoms with Gasteiger partial charge < -0.3 is 24.8 Å². The lowest BCUT2D eigenvalue weighted by Gasteiger charge is -2.29. The van der Waals surface area contributed by atoms with Gasteiger partial charge in [-0.1, -0.05) is 41.4 Å². The van der Waals surface area contributed by atoms with Crippen LogP contribution in [0.15, 0.2) is 78.3 Å². The summed E-state index contributed by atoms with van der Waals surface area (Å²) in [6.07, 6.45) is 1.44. The first-order valence-corrected chi connectivity index (χ1v) is 12.7. The standard InChI is InChI=1S/C28H25Cl2N5O4/c1-16-25(27(36)34-23-13-19(37-2)8-10-24(23)38-3)26(35-28(33-16)31-15-32-35)18-5-4-6-20(12-18)39-14-17-7-9-21(29)22(30)11-17/h4-13,15,26H,14H2,1-3H3,(H,34,36)(H,31,32,33).